The number of amides is 1. The number of carbonyl (C=O) groups is 1. The number of hydrogen-bond acceptors (Lipinski definition) is 3. The number of anilines is 1. The fraction of sp³-hybridized carbons (Fsp3) is 0.455. The van der Waals surface area contributed by atoms with Crippen LogP contribution in [0.25, 0.3) is 0 Å². The molecule has 2 N–H and O–H groups in total. The van der Waals surface area contributed by atoms with Gasteiger partial charge in [0.15, 0.2) is 0 Å². The Bertz CT molecular complexity index is 359. The van der Waals surface area contributed by atoms with Gasteiger partial charge in [0.2, 0.25) is 5.91 Å². The maximum Gasteiger partial charge on any atom is 0.241 e. The number of nitrogens with zero attached hydrogens (tertiary/aromatic N) is 1. The van der Waals surface area contributed by atoms with Gasteiger partial charge in [0, 0.05) is 6.20 Å². The first-order valence-corrected chi connectivity index (χ1v) is 5.22. The molecule has 1 aromatic heterocycles. The Kier molecular flexibility index (Phi) is 2.97. The molecule has 1 aliphatic heterocycles. The zero-order chi connectivity index (χ0) is 10.7. The molecule has 0 bridgehead atoms. The van der Waals surface area contributed by atoms with Gasteiger partial charge in [-0.15, -0.1) is 0 Å². The molecule has 0 aliphatic carbocycles. The number of hydrogen-bond donors (Lipinski definition) is 2. The summed E-state index contributed by atoms with van der Waals surface area (Å²) in [6.45, 7) is 2.89. The number of rotatable bonds is 2. The molecule has 15 heavy (non-hydrogen) atoms. The van der Waals surface area contributed by atoms with Crippen molar-refractivity contribution in [1.82, 2.24) is 10.3 Å². The molecule has 2 rings (SSSR count). The second-order valence-corrected chi connectivity index (χ2v) is 3.83. The minimum atomic E-state index is -0.0374. The maximum absolute atomic E-state index is 11.8. The SMILES string of the molecule is Cc1ccncc1NC(=O)[C@H]1CCCN1. The van der Waals surface area contributed by atoms with E-state index in [1.165, 1.54) is 0 Å². The van der Waals surface area contributed by atoms with E-state index in [0.717, 1.165) is 30.6 Å². The molecule has 1 saturated heterocycles. The molecule has 80 valence electrons. The molecule has 1 atom stereocenters. The van der Waals surface area contributed by atoms with Crippen LogP contribution >= 0.6 is 0 Å². The lowest BCUT2D eigenvalue weighted by molar-refractivity contribution is -0.117. The van der Waals surface area contributed by atoms with Crippen LogP contribution in [-0.2, 0) is 4.79 Å². The van der Waals surface area contributed by atoms with Crippen molar-refractivity contribution in [3.63, 3.8) is 0 Å². The number of pyridine rings is 1. The molecule has 1 fully saturated rings. The molecule has 1 aromatic rings. The average Bonchev–Trinajstić information content (AvgIpc) is 2.74. The smallest absolute Gasteiger partial charge is 0.241 e. The standard InChI is InChI=1S/C11H15N3O/c1-8-4-6-12-7-10(8)14-11(15)9-3-2-5-13-9/h4,6-7,9,13H,2-3,5H2,1H3,(H,14,15)/t9-/m1/s1. The predicted molar refractivity (Wildman–Crippen MR) is 58.6 cm³/mol. The van der Waals surface area contributed by atoms with Gasteiger partial charge in [-0.05, 0) is 37.9 Å². The Hall–Kier alpha value is -1.42. The molecular formula is C11H15N3O. The number of nitrogens with one attached hydrogen (secondary N) is 2. The van der Waals surface area contributed by atoms with E-state index in [9.17, 15) is 4.79 Å². The van der Waals surface area contributed by atoms with Gasteiger partial charge in [0.1, 0.15) is 0 Å². The zero-order valence-corrected chi connectivity index (χ0v) is 8.79. The van der Waals surface area contributed by atoms with Crippen LogP contribution in [0.3, 0.4) is 0 Å². The first-order chi connectivity index (χ1) is 7.27. The van der Waals surface area contributed by atoms with E-state index in [2.05, 4.69) is 15.6 Å². The highest BCUT2D eigenvalue weighted by Crippen LogP contribution is 2.13. The first kappa shape index (κ1) is 10.1. The average molecular weight is 205 g/mol. The zero-order valence-electron chi connectivity index (χ0n) is 8.79. The Morgan fingerprint density at radius 1 is 1.67 bits per heavy atom. The summed E-state index contributed by atoms with van der Waals surface area (Å²) >= 11 is 0. The first-order valence-electron chi connectivity index (χ1n) is 5.22. The van der Waals surface area contributed by atoms with E-state index >= 15 is 0 Å². The summed E-state index contributed by atoms with van der Waals surface area (Å²) in [5.74, 6) is 0.0450. The lowest BCUT2D eigenvalue weighted by Crippen LogP contribution is -2.35. The van der Waals surface area contributed by atoms with Crippen LogP contribution in [0.15, 0.2) is 18.5 Å². The number of aryl methyl sites for hydroxylation is 1. The van der Waals surface area contributed by atoms with E-state index in [4.69, 9.17) is 0 Å². The van der Waals surface area contributed by atoms with E-state index in [0.29, 0.717) is 0 Å². The highest BCUT2D eigenvalue weighted by molar-refractivity contribution is 5.95. The Labute approximate surface area is 89.1 Å². The van der Waals surface area contributed by atoms with Gasteiger partial charge >= 0.3 is 0 Å². The Morgan fingerprint density at radius 3 is 3.20 bits per heavy atom. The van der Waals surface area contributed by atoms with Crippen LogP contribution in [-0.4, -0.2) is 23.5 Å². The summed E-state index contributed by atoms with van der Waals surface area (Å²) in [4.78, 5) is 15.8. The van der Waals surface area contributed by atoms with Crippen LogP contribution in [0.4, 0.5) is 5.69 Å². The van der Waals surface area contributed by atoms with Gasteiger partial charge in [-0.3, -0.25) is 9.78 Å². The Morgan fingerprint density at radius 2 is 2.53 bits per heavy atom. The molecular weight excluding hydrogens is 190 g/mol. The fourth-order valence-corrected chi connectivity index (χ4v) is 1.72. The van der Waals surface area contributed by atoms with Gasteiger partial charge in [-0.1, -0.05) is 0 Å². The summed E-state index contributed by atoms with van der Waals surface area (Å²) in [6, 6.07) is 1.85. The largest absolute Gasteiger partial charge is 0.323 e. The molecule has 0 saturated carbocycles. The molecule has 1 amide bonds. The van der Waals surface area contributed by atoms with E-state index in [-0.39, 0.29) is 11.9 Å². The molecule has 4 nitrogen and oxygen atoms in total. The fourth-order valence-electron chi connectivity index (χ4n) is 1.72. The van der Waals surface area contributed by atoms with Crippen molar-refractivity contribution in [2.75, 3.05) is 11.9 Å². The van der Waals surface area contributed by atoms with E-state index in [1.54, 1.807) is 12.4 Å². The molecule has 0 radical (unpaired) electrons. The molecule has 4 heteroatoms. The third-order valence-electron chi connectivity index (χ3n) is 2.67. The normalized spacial score (nSPS) is 20.2. The molecule has 0 unspecified atom stereocenters. The van der Waals surface area contributed by atoms with Crippen molar-refractivity contribution in [2.45, 2.75) is 25.8 Å². The van der Waals surface area contributed by atoms with Gasteiger partial charge in [-0.2, -0.15) is 0 Å². The van der Waals surface area contributed by atoms with Crippen molar-refractivity contribution in [1.29, 1.82) is 0 Å². The van der Waals surface area contributed by atoms with Crippen molar-refractivity contribution in [3.05, 3.63) is 24.0 Å². The topological polar surface area (TPSA) is 54.0 Å². The van der Waals surface area contributed by atoms with Crippen molar-refractivity contribution < 1.29 is 4.79 Å². The minimum absolute atomic E-state index is 0.0374. The van der Waals surface area contributed by atoms with Crippen LogP contribution in [0.1, 0.15) is 18.4 Å². The number of carbonyl (C=O) groups excluding carboxylic acids is 1. The third kappa shape index (κ3) is 2.33. The monoisotopic (exact) mass is 205 g/mol. The summed E-state index contributed by atoms with van der Waals surface area (Å²) < 4.78 is 0. The van der Waals surface area contributed by atoms with E-state index < -0.39 is 0 Å². The highest BCUT2D eigenvalue weighted by Gasteiger charge is 2.22. The van der Waals surface area contributed by atoms with Gasteiger partial charge in [0.05, 0.1) is 17.9 Å². The molecule has 0 aromatic carbocycles. The van der Waals surface area contributed by atoms with Gasteiger partial charge in [0.25, 0.3) is 0 Å². The highest BCUT2D eigenvalue weighted by atomic mass is 16.2. The summed E-state index contributed by atoms with van der Waals surface area (Å²) in [5, 5.41) is 6.05. The van der Waals surface area contributed by atoms with Crippen LogP contribution in [0.5, 0.6) is 0 Å². The molecule has 2 heterocycles. The third-order valence-corrected chi connectivity index (χ3v) is 2.67. The second-order valence-electron chi connectivity index (χ2n) is 3.83. The quantitative estimate of drug-likeness (QED) is 0.759. The predicted octanol–water partition coefficient (Wildman–Crippen LogP) is 1.08. The summed E-state index contributed by atoms with van der Waals surface area (Å²) in [6.07, 6.45) is 5.40. The second kappa shape index (κ2) is 4.40. The van der Waals surface area contributed by atoms with Crippen molar-refractivity contribution >= 4 is 11.6 Å². The molecule has 0 spiro atoms. The van der Waals surface area contributed by atoms with E-state index in [1.807, 2.05) is 13.0 Å². The lowest BCUT2D eigenvalue weighted by atomic mass is 10.2. The molecule has 1 aliphatic rings. The van der Waals surface area contributed by atoms with Crippen LogP contribution in [0.2, 0.25) is 0 Å². The maximum atomic E-state index is 11.8. The Balaban J connectivity index is 2.02. The van der Waals surface area contributed by atoms with Gasteiger partial charge in [-0.25, -0.2) is 0 Å². The van der Waals surface area contributed by atoms with Crippen molar-refractivity contribution in [2.24, 2.45) is 0 Å². The summed E-state index contributed by atoms with van der Waals surface area (Å²) in [7, 11) is 0. The lowest BCUT2D eigenvalue weighted by Gasteiger charge is -2.12. The number of aromatic nitrogens is 1. The minimum Gasteiger partial charge on any atom is -0.323 e. The van der Waals surface area contributed by atoms with Gasteiger partial charge < -0.3 is 10.6 Å². The van der Waals surface area contributed by atoms with Crippen LogP contribution in [0, 0.1) is 6.92 Å². The van der Waals surface area contributed by atoms with Crippen LogP contribution < -0.4 is 10.6 Å². The summed E-state index contributed by atoms with van der Waals surface area (Å²) in [5.41, 5.74) is 1.84. The van der Waals surface area contributed by atoms with Crippen molar-refractivity contribution in [3.8, 4) is 0 Å².